The number of halogens is 2. The number of nitrogens with zero attached hydrogens (tertiary/aromatic N) is 2. The molecule has 0 unspecified atom stereocenters. The lowest BCUT2D eigenvalue weighted by molar-refractivity contribution is -0.132. The van der Waals surface area contributed by atoms with E-state index in [0.717, 1.165) is 28.7 Å². The number of phenols is 1. The summed E-state index contributed by atoms with van der Waals surface area (Å²) in [6, 6.07) is 2.83. The van der Waals surface area contributed by atoms with Gasteiger partial charge in [0.2, 0.25) is 0 Å². The third-order valence-corrected chi connectivity index (χ3v) is 5.28. The minimum atomic E-state index is -0.799. The van der Waals surface area contributed by atoms with E-state index in [-0.39, 0.29) is 11.7 Å². The van der Waals surface area contributed by atoms with Crippen LogP contribution in [0.1, 0.15) is 37.7 Å². The second-order valence-corrected chi connectivity index (χ2v) is 7.53. The van der Waals surface area contributed by atoms with E-state index in [0.29, 0.717) is 22.9 Å². The van der Waals surface area contributed by atoms with Gasteiger partial charge in [0.05, 0.1) is 10.7 Å². The van der Waals surface area contributed by atoms with E-state index in [2.05, 4.69) is 42.3 Å². The molecule has 1 aromatic carbocycles. The second-order valence-electron chi connectivity index (χ2n) is 5.76. The van der Waals surface area contributed by atoms with Crippen LogP contribution >= 0.6 is 31.9 Å². The fourth-order valence-electron chi connectivity index (χ4n) is 3.01. The van der Waals surface area contributed by atoms with Crippen LogP contribution in [0.3, 0.4) is 0 Å². The first-order chi connectivity index (χ1) is 10.9. The highest BCUT2D eigenvalue weighted by atomic mass is 79.9. The van der Waals surface area contributed by atoms with Crippen molar-refractivity contribution in [2.24, 2.45) is 5.10 Å². The van der Waals surface area contributed by atoms with Gasteiger partial charge in [-0.3, -0.25) is 4.79 Å². The number of hydrogen-bond acceptors (Lipinski definition) is 4. The summed E-state index contributed by atoms with van der Waals surface area (Å²) in [5.41, 5.74) is -0.400. The predicted octanol–water partition coefficient (Wildman–Crippen LogP) is 3.51. The van der Waals surface area contributed by atoms with E-state index < -0.39 is 11.6 Å². The molecule has 2 N–H and O–H groups in total. The van der Waals surface area contributed by atoms with E-state index in [4.69, 9.17) is 0 Å². The van der Waals surface area contributed by atoms with Gasteiger partial charge in [0.15, 0.2) is 0 Å². The molecule has 0 atom stereocenters. The largest absolute Gasteiger partial charge is 0.506 e. The molecule has 1 aliphatic carbocycles. The molecule has 1 aromatic rings. The molecule has 1 aliphatic heterocycles. The van der Waals surface area contributed by atoms with Crippen LogP contribution in [0.15, 0.2) is 26.2 Å². The number of phenolic OH excluding ortho intramolecular Hbond substituents is 1. The first-order valence-electron chi connectivity index (χ1n) is 7.32. The highest BCUT2D eigenvalue weighted by Gasteiger charge is 2.51. The number of imide groups is 1. The van der Waals surface area contributed by atoms with Crippen LogP contribution in [0.25, 0.3) is 0 Å². The molecular weight excluding hydrogens is 430 g/mol. The molecule has 1 heterocycles. The van der Waals surface area contributed by atoms with Gasteiger partial charge >= 0.3 is 6.03 Å². The maximum atomic E-state index is 12.6. The number of carbonyl (C=O) groups is 2. The first-order valence-corrected chi connectivity index (χ1v) is 8.90. The Hall–Kier alpha value is -1.41. The van der Waals surface area contributed by atoms with Crippen LogP contribution in [0.4, 0.5) is 4.79 Å². The van der Waals surface area contributed by atoms with Gasteiger partial charge in [-0.15, -0.1) is 5.01 Å². The summed E-state index contributed by atoms with van der Waals surface area (Å²) in [6.45, 7) is 0. The Balaban J connectivity index is 1.85. The quantitative estimate of drug-likeness (QED) is 0.540. The Morgan fingerprint density at radius 3 is 2.61 bits per heavy atom. The molecule has 1 saturated heterocycles. The summed E-state index contributed by atoms with van der Waals surface area (Å²) in [4.78, 5) is 24.7. The lowest BCUT2D eigenvalue weighted by Crippen LogP contribution is -2.48. The zero-order valence-electron chi connectivity index (χ0n) is 12.2. The van der Waals surface area contributed by atoms with Gasteiger partial charge in [-0.1, -0.05) is 35.2 Å². The molecule has 3 rings (SSSR count). The molecule has 6 nitrogen and oxygen atoms in total. The van der Waals surface area contributed by atoms with Crippen molar-refractivity contribution in [1.29, 1.82) is 0 Å². The Bertz CT molecular complexity index is 699. The molecule has 2 aliphatic rings. The van der Waals surface area contributed by atoms with Crippen LogP contribution in [0.2, 0.25) is 0 Å². The number of carbonyl (C=O) groups excluding carboxylic acids is 2. The van der Waals surface area contributed by atoms with Crippen molar-refractivity contribution in [2.45, 2.75) is 37.6 Å². The van der Waals surface area contributed by atoms with Crippen molar-refractivity contribution in [3.8, 4) is 5.75 Å². The van der Waals surface area contributed by atoms with Crippen molar-refractivity contribution in [2.75, 3.05) is 0 Å². The molecular formula is C15H15Br2N3O3. The summed E-state index contributed by atoms with van der Waals surface area (Å²) < 4.78 is 1.24. The standard InChI is InChI=1S/C15H15Br2N3O3/c16-10-6-9(12(21)11(17)7-10)8-18-20-13(22)15(19-14(20)23)4-2-1-3-5-15/h6-8,21H,1-5H2,(H,19,23)/b18-8+. The molecule has 3 amide bonds. The Morgan fingerprint density at radius 1 is 1.22 bits per heavy atom. The van der Waals surface area contributed by atoms with Gasteiger partial charge in [-0.05, 0) is 40.9 Å². The summed E-state index contributed by atoms with van der Waals surface area (Å²) in [5, 5.41) is 17.6. The normalized spacial score (nSPS) is 20.5. The van der Waals surface area contributed by atoms with Crippen LogP contribution < -0.4 is 5.32 Å². The third kappa shape index (κ3) is 3.01. The smallest absolute Gasteiger partial charge is 0.346 e. The van der Waals surface area contributed by atoms with Crippen LogP contribution in [0.5, 0.6) is 5.75 Å². The maximum Gasteiger partial charge on any atom is 0.346 e. The number of benzene rings is 1. The number of aromatic hydroxyl groups is 1. The summed E-state index contributed by atoms with van der Waals surface area (Å²) in [7, 11) is 0. The summed E-state index contributed by atoms with van der Waals surface area (Å²) >= 11 is 6.55. The van der Waals surface area contributed by atoms with Gasteiger partial charge < -0.3 is 10.4 Å². The molecule has 1 spiro atoms. The van der Waals surface area contributed by atoms with Crippen molar-refractivity contribution in [3.63, 3.8) is 0 Å². The molecule has 1 saturated carbocycles. The molecule has 0 bridgehead atoms. The number of urea groups is 1. The average molecular weight is 445 g/mol. The molecule has 2 fully saturated rings. The third-order valence-electron chi connectivity index (χ3n) is 4.22. The Labute approximate surface area is 150 Å². The predicted molar refractivity (Wildman–Crippen MR) is 92.3 cm³/mol. The topological polar surface area (TPSA) is 82.0 Å². The zero-order valence-corrected chi connectivity index (χ0v) is 15.4. The van der Waals surface area contributed by atoms with Gasteiger partial charge in [0.1, 0.15) is 11.3 Å². The number of amides is 3. The fourth-order valence-corrected chi connectivity index (χ4v) is 4.27. The molecule has 122 valence electrons. The van der Waals surface area contributed by atoms with Gasteiger partial charge in [-0.2, -0.15) is 5.10 Å². The highest BCUT2D eigenvalue weighted by molar-refractivity contribution is 9.11. The second kappa shape index (κ2) is 6.24. The van der Waals surface area contributed by atoms with Crippen LogP contribution in [-0.4, -0.2) is 33.8 Å². The van der Waals surface area contributed by atoms with Crippen molar-refractivity contribution < 1.29 is 14.7 Å². The van der Waals surface area contributed by atoms with E-state index in [1.54, 1.807) is 12.1 Å². The lowest BCUT2D eigenvalue weighted by Gasteiger charge is -2.29. The van der Waals surface area contributed by atoms with Crippen molar-refractivity contribution >= 4 is 50.0 Å². The van der Waals surface area contributed by atoms with E-state index in [1.807, 2.05) is 0 Å². The Kier molecular flexibility index (Phi) is 4.46. The number of hydrazone groups is 1. The van der Waals surface area contributed by atoms with Gasteiger partial charge in [0, 0.05) is 10.0 Å². The molecule has 8 heteroatoms. The van der Waals surface area contributed by atoms with Crippen LogP contribution in [0, 0.1) is 0 Å². The van der Waals surface area contributed by atoms with E-state index >= 15 is 0 Å². The van der Waals surface area contributed by atoms with E-state index in [9.17, 15) is 14.7 Å². The van der Waals surface area contributed by atoms with Gasteiger partial charge in [0.25, 0.3) is 5.91 Å². The number of hydrogen-bond donors (Lipinski definition) is 2. The lowest BCUT2D eigenvalue weighted by atomic mass is 9.82. The monoisotopic (exact) mass is 443 g/mol. The highest BCUT2D eigenvalue weighted by Crippen LogP contribution is 2.34. The van der Waals surface area contributed by atoms with Crippen molar-refractivity contribution in [1.82, 2.24) is 10.3 Å². The first kappa shape index (κ1) is 16.4. The summed E-state index contributed by atoms with van der Waals surface area (Å²) in [5.74, 6) is -0.316. The number of rotatable bonds is 2. The molecule has 0 radical (unpaired) electrons. The summed E-state index contributed by atoms with van der Waals surface area (Å²) in [6.07, 6.45) is 5.53. The average Bonchev–Trinajstić information content (AvgIpc) is 2.73. The molecule has 0 aromatic heterocycles. The van der Waals surface area contributed by atoms with E-state index in [1.165, 1.54) is 6.21 Å². The minimum Gasteiger partial charge on any atom is -0.506 e. The minimum absolute atomic E-state index is 0.00335. The fraction of sp³-hybridized carbons (Fsp3) is 0.400. The Morgan fingerprint density at radius 2 is 1.91 bits per heavy atom. The maximum absolute atomic E-state index is 12.6. The number of nitrogens with one attached hydrogen (secondary N) is 1. The van der Waals surface area contributed by atoms with Crippen LogP contribution in [-0.2, 0) is 4.79 Å². The molecule has 23 heavy (non-hydrogen) atoms. The van der Waals surface area contributed by atoms with Crippen molar-refractivity contribution in [3.05, 3.63) is 26.6 Å². The SMILES string of the molecule is O=C1NC2(CCCCC2)C(=O)N1/N=C/c1cc(Br)cc(Br)c1O. The van der Waals surface area contributed by atoms with Gasteiger partial charge in [-0.25, -0.2) is 4.79 Å². The zero-order chi connectivity index (χ0) is 16.6.